The molecule has 2 N–H and O–H groups in total. The number of aromatic nitrogens is 1. The van der Waals surface area contributed by atoms with Crippen LogP contribution in [0.15, 0.2) is 30.4 Å². The lowest BCUT2D eigenvalue weighted by Gasteiger charge is -2.16. The lowest BCUT2D eigenvalue weighted by Crippen LogP contribution is -2.12. The summed E-state index contributed by atoms with van der Waals surface area (Å²) in [4.78, 5) is 0. The molecule has 9 heteroatoms. The Morgan fingerprint density at radius 1 is 0.769 bits per heavy atom. The summed E-state index contributed by atoms with van der Waals surface area (Å²) in [6.07, 6.45) is -5.83. The van der Waals surface area contributed by atoms with Crippen LogP contribution in [0.2, 0.25) is 0 Å². The van der Waals surface area contributed by atoms with Gasteiger partial charge in [0.2, 0.25) is 11.8 Å². The van der Waals surface area contributed by atoms with E-state index in [0.29, 0.717) is 34.2 Å². The van der Waals surface area contributed by atoms with Crippen LogP contribution in [0.1, 0.15) is 40.5 Å². The fourth-order valence-corrected chi connectivity index (χ4v) is 3.75. The number of hydrogen-bond acceptors (Lipinski definition) is 2. The van der Waals surface area contributed by atoms with E-state index in [-0.39, 0.29) is 17.9 Å². The minimum atomic E-state index is -5.02. The molecule has 2 aliphatic rings. The van der Waals surface area contributed by atoms with Gasteiger partial charge in [0.05, 0.1) is 16.8 Å². The summed E-state index contributed by atoms with van der Waals surface area (Å²) in [6, 6.07) is 0.943. The highest BCUT2D eigenvalue weighted by Crippen LogP contribution is 2.57. The van der Waals surface area contributed by atoms with Crippen molar-refractivity contribution in [1.29, 1.82) is 0 Å². The number of rotatable bonds is 1. The Morgan fingerprint density at radius 3 is 1.58 bits per heavy atom. The summed E-state index contributed by atoms with van der Waals surface area (Å²) in [6.45, 7) is 0. The number of hydrogen-bond donors (Lipinski definition) is 2. The molecule has 2 aromatic rings. The van der Waals surface area contributed by atoms with E-state index in [0.717, 1.165) is 0 Å². The highest BCUT2D eigenvalue weighted by atomic mass is 19.4. The number of nitrogens with zero attached hydrogens (tertiary/aromatic N) is 1. The van der Waals surface area contributed by atoms with Gasteiger partial charge in [-0.3, -0.25) is 4.57 Å². The second kappa shape index (κ2) is 4.99. The maximum absolute atomic E-state index is 13.0. The number of allylic oxidation sites excluding steroid dienone is 2. The number of alkyl halides is 6. The second-order valence-electron chi connectivity index (χ2n) is 6.41. The fraction of sp³-hybridized carbons (Fsp3) is 0.294. The van der Waals surface area contributed by atoms with Crippen molar-refractivity contribution in [2.75, 3.05) is 0 Å². The number of fused-ring (bicyclic) bond motifs is 5. The number of aromatic hydroxyl groups is 2. The van der Waals surface area contributed by atoms with Crippen molar-refractivity contribution in [3.05, 3.63) is 52.6 Å². The molecule has 138 valence electrons. The Labute approximate surface area is 142 Å². The second-order valence-corrected chi connectivity index (χ2v) is 6.41. The molecule has 2 bridgehead atoms. The molecule has 4 rings (SSSR count). The molecule has 0 amide bonds. The van der Waals surface area contributed by atoms with Gasteiger partial charge in [0.25, 0.3) is 0 Å². The first-order valence-corrected chi connectivity index (χ1v) is 7.63. The first kappa shape index (κ1) is 16.9. The van der Waals surface area contributed by atoms with Gasteiger partial charge in [0, 0.05) is 23.0 Å². The van der Waals surface area contributed by atoms with Gasteiger partial charge in [-0.15, -0.1) is 0 Å². The van der Waals surface area contributed by atoms with Crippen LogP contribution < -0.4 is 0 Å². The summed E-state index contributed by atoms with van der Waals surface area (Å²) in [5.41, 5.74) is -2.94. The molecule has 1 aromatic carbocycles. The van der Waals surface area contributed by atoms with Crippen molar-refractivity contribution in [2.45, 2.75) is 30.6 Å². The molecule has 0 aliphatic heterocycles. The lowest BCUT2D eigenvalue weighted by atomic mass is 10.0. The van der Waals surface area contributed by atoms with Crippen molar-refractivity contribution in [3.8, 4) is 17.4 Å². The smallest absolute Gasteiger partial charge is 0.416 e. The van der Waals surface area contributed by atoms with Crippen LogP contribution in [0.25, 0.3) is 5.69 Å². The van der Waals surface area contributed by atoms with E-state index in [2.05, 4.69) is 0 Å². The molecular weight excluding hydrogens is 364 g/mol. The SMILES string of the molecule is Oc1c2c(c(O)n1-c1cc(C(F)(F)F)cc(C(F)(F)F)c1)[C@H]1C=CC2C1. The molecular formula is C17H11F6NO2. The maximum atomic E-state index is 13.0. The van der Waals surface area contributed by atoms with Crippen molar-refractivity contribution in [2.24, 2.45) is 0 Å². The van der Waals surface area contributed by atoms with Crippen molar-refractivity contribution >= 4 is 0 Å². The molecule has 0 saturated heterocycles. The molecule has 1 unspecified atom stereocenters. The quantitative estimate of drug-likeness (QED) is 0.540. The predicted octanol–water partition coefficient (Wildman–Crippen LogP) is 5.07. The van der Waals surface area contributed by atoms with Crippen LogP contribution >= 0.6 is 0 Å². The van der Waals surface area contributed by atoms with Crippen molar-refractivity contribution in [3.63, 3.8) is 0 Å². The first-order chi connectivity index (χ1) is 12.0. The molecule has 0 fully saturated rings. The third kappa shape index (κ3) is 2.29. The highest BCUT2D eigenvalue weighted by Gasteiger charge is 2.42. The molecule has 2 aliphatic carbocycles. The van der Waals surface area contributed by atoms with Crippen molar-refractivity contribution in [1.82, 2.24) is 4.57 Å². The summed E-state index contributed by atoms with van der Waals surface area (Å²) >= 11 is 0. The zero-order valence-electron chi connectivity index (χ0n) is 12.9. The summed E-state index contributed by atoms with van der Waals surface area (Å²) in [5, 5.41) is 20.8. The van der Waals surface area contributed by atoms with Crippen molar-refractivity contribution < 1.29 is 36.6 Å². The summed E-state index contributed by atoms with van der Waals surface area (Å²) < 4.78 is 78.9. The van der Waals surface area contributed by atoms with Crippen LogP contribution in [0, 0.1) is 0 Å². The average Bonchev–Trinajstić information content (AvgIpc) is 3.19. The van der Waals surface area contributed by atoms with E-state index < -0.39 is 40.9 Å². The molecule has 1 heterocycles. The largest absolute Gasteiger partial charge is 0.494 e. The van der Waals surface area contributed by atoms with E-state index in [9.17, 15) is 36.6 Å². The topological polar surface area (TPSA) is 45.4 Å². The van der Waals surface area contributed by atoms with Gasteiger partial charge in [-0.1, -0.05) is 12.2 Å². The molecule has 1 aromatic heterocycles. The standard InChI is InChI=1S/C17H11F6NO2/c18-16(19,20)9-4-10(17(21,22)23)6-11(5-9)24-14(25)12-7-1-2-8(3-7)13(12)15(24)26/h1-2,4-8,25-26H,3H2/t7-,8?/m0/s1. The minimum Gasteiger partial charge on any atom is -0.494 e. The van der Waals surface area contributed by atoms with Gasteiger partial charge in [0.1, 0.15) is 0 Å². The van der Waals surface area contributed by atoms with Gasteiger partial charge in [-0.25, -0.2) is 0 Å². The van der Waals surface area contributed by atoms with Crippen LogP contribution in [-0.2, 0) is 12.4 Å². The van der Waals surface area contributed by atoms with E-state index in [4.69, 9.17) is 0 Å². The fourth-order valence-electron chi connectivity index (χ4n) is 3.75. The third-order valence-electron chi connectivity index (χ3n) is 4.85. The van der Waals surface area contributed by atoms with Crippen LogP contribution in [-0.4, -0.2) is 14.8 Å². The van der Waals surface area contributed by atoms with E-state index >= 15 is 0 Å². The summed E-state index contributed by atoms with van der Waals surface area (Å²) in [5.74, 6) is -1.51. The van der Waals surface area contributed by atoms with Crippen LogP contribution in [0.3, 0.4) is 0 Å². The van der Waals surface area contributed by atoms with E-state index in [1.807, 2.05) is 0 Å². The lowest BCUT2D eigenvalue weighted by molar-refractivity contribution is -0.143. The Bertz CT molecular complexity index is 870. The molecule has 0 saturated carbocycles. The monoisotopic (exact) mass is 375 g/mol. The van der Waals surface area contributed by atoms with Gasteiger partial charge < -0.3 is 10.2 Å². The first-order valence-electron chi connectivity index (χ1n) is 7.63. The van der Waals surface area contributed by atoms with E-state index in [1.165, 1.54) is 0 Å². The minimum absolute atomic E-state index is 0.0000315. The third-order valence-corrected chi connectivity index (χ3v) is 4.85. The van der Waals surface area contributed by atoms with Gasteiger partial charge in [-0.2, -0.15) is 26.3 Å². The zero-order valence-corrected chi connectivity index (χ0v) is 12.9. The summed E-state index contributed by atoms with van der Waals surface area (Å²) in [7, 11) is 0. The highest BCUT2D eigenvalue weighted by molar-refractivity contribution is 5.62. The Kier molecular flexibility index (Phi) is 3.23. The zero-order chi connectivity index (χ0) is 19.0. The molecule has 0 radical (unpaired) electrons. The number of halogens is 6. The van der Waals surface area contributed by atoms with Gasteiger partial charge >= 0.3 is 12.4 Å². The van der Waals surface area contributed by atoms with Gasteiger partial charge in [-0.05, 0) is 24.6 Å². The molecule has 3 nitrogen and oxygen atoms in total. The van der Waals surface area contributed by atoms with Crippen LogP contribution in [0.5, 0.6) is 11.8 Å². The maximum Gasteiger partial charge on any atom is 0.416 e. The normalized spacial score (nSPS) is 21.5. The van der Waals surface area contributed by atoms with Gasteiger partial charge in [0.15, 0.2) is 0 Å². The Balaban J connectivity index is 1.95. The molecule has 2 atom stereocenters. The molecule has 26 heavy (non-hydrogen) atoms. The predicted molar refractivity (Wildman–Crippen MR) is 78.3 cm³/mol. The number of benzene rings is 1. The molecule has 0 spiro atoms. The van der Waals surface area contributed by atoms with E-state index in [1.54, 1.807) is 12.2 Å². The van der Waals surface area contributed by atoms with Crippen LogP contribution in [0.4, 0.5) is 26.3 Å². The Hall–Kier alpha value is -2.58. The average molecular weight is 375 g/mol. The Morgan fingerprint density at radius 2 is 1.19 bits per heavy atom.